The molecule has 0 aromatic heterocycles. The van der Waals surface area contributed by atoms with Crippen molar-refractivity contribution in [3.63, 3.8) is 0 Å². The number of rotatable bonds is 3. The van der Waals surface area contributed by atoms with Gasteiger partial charge >= 0.3 is 0 Å². The van der Waals surface area contributed by atoms with Crippen LogP contribution in [0, 0.1) is 0 Å². The summed E-state index contributed by atoms with van der Waals surface area (Å²) in [5, 5.41) is 13.0. The van der Waals surface area contributed by atoms with Crippen molar-refractivity contribution in [3.8, 4) is 5.75 Å². The van der Waals surface area contributed by atoms with Crippen molar-refractivity contribution >= 4 is 11.6 Å². The molecule has 17 heavy (non-hydrogen) atoms. The van der Waals surface area contributed by atoms with E-state index in [1.807, 2.05) is 11.1 Å². The zero-order valence-electron chi connectivity index (χ0n) is 9.67. The van der Waals surface area contributed by atoms with E-state index in [1.165, 1.54) is 0 Å². The van der Waals surface area contributed by atoms with Crippen molar-refractivity contribution in [1.82, 2.24) is 5.01 Å². The number of nitrogens with two attached hydrogens (primary N) is 1. The predicted molar refractivity (Wildman–Crippen MR) is 65.5 cm³/mol. The summed E-state index contributed by atoms with van der Waals surface area (Å²) in [5.41, 5.74) is 6.35. The summed E-state index contributed by atoms with van der Waals surface area (Å²) in [6.45, 7) is 1.71. The van der Waals surface area contributed by atoms with Gasteiger partial charge in [0.1, 0.15) is 5.75 Å². The molecule has 0 aliphatic carbocycles. The van der Waals surface area contributed by atoms with E-state index in [9.17, 15) is 9.90 Å². The molecule has 1 amide bonds. The third kappa shape index (κ3) is 2.50. The van der Waals surface area contributed by atoms with Crippen molar-refractivity contribution in [2.45, 2.75) is 12.8 Å². The van der Waals surface area contributed by atoms with Gasteiger partial charge in [0.25, 0.3) is 0 Å². The third-order valence-electron chi connectivity index (χ3n) is 2.81. The largest absolute Gasteiger partial charge is 0.508 e. The topological polar surface area (TPSA) is 69.8 Å². The van der Waals surface area contributed by atoms with Crippen LogP contribution in [0.3, 0.4) is 0 Å². The second-order valence-electron chi connectivity index (χ2n) is 4.05. The van der Waals surface area contributed by atoms with Gasteiger partial charge in [-0.1, -0.05) is 6.07 Å². The van der Waals surface area contributed by atoms with E-state index in [4.69, 9.17) is 5.73 Å². The van der Waals surface area contributed by atoms with Gasteiger partial charge in [-0.3, -0.25) is 14.8 Å². The number of phenols is 1. The highest BCUT2D eigenvalue weighted by Gasteiger charge is 2.25. The van der Waals surface area contributed by atoms with E-state index in [-0.39, 0.29) is 11.7 Å². The molecular formula is C12H17N3O2. The second kappa shape index (κ2) is 5.05. The van der Waals surface area contributed by atoms with E-state index >= 15 is 0 Å². The SMILES string of the molecule is NCCN1C(=O)CCCN1c1cccc(O)c1. The van der Waals surface area contributed by atoms with Crippen LogP contribution >= 0.6 is 0 Å². The number of aromatic hydroxyl groups is 1. The number of hydrazine groups is 1. The van der Waals surface area contributed by atoms with Crippen molar-refractivity contribution < 1.29 is 9.90 Å². The number of benzene rings is 1. The van der Waals surface area contributed by atoms with Crippen molar-refractivity contribution in [3.05, 3.63) is 24.3 Å². The van der Waals surface area contributed by atoms with Crippen LogP contribution in [0.25, 0.3) is 0 Å². The quantitative estimate of drug-likeness (QED) is 0.809. The first kappa shape index (κ1) is 11.7. The third-order valence-corrected chi connectivity index (χ3v) is 2.81. The molecule has 3 N–H and O–H groups in total. The lowest BCUT2D eigenvalue weighted by molar-refractivity contribution is -0.133. The highest BCUT2D eigenvalue weighted by atomic mass is 16.3. The zero-order valence-corrected chi connectivity index (χ0v) is 9.67. The predicted octanol–water partition coefficient (Wildman–Crippen LogP) is 0.695. The molecule has 0 spiro atoms. The van der Waals surface area contributed by atoms with Crippen LogP contribution in [-0.2, 0) is 4.79 Å². The van der Waals surface area contributed by atoms with Gasteiger partial charge in [-0.15, -0.1) is 0 Å². The Balaban J connectivity index is 2.24. The van der Waals surface area contributed by atoms with Crippen LogP contribution in [0.4, 0.5) is 5.69 Å². The minimum Gasteiger partial charge on any atom is -0.508 e. The molecule has 1 aliphatic heterocycles. The Hall–Kier alpha value is -1.75. The molecule has 0 saturated carbocycles. The number of phenolic OH excluding ortho intramolecular Hbond substituents is 1. The molecule has 1 heterocycles. The number of nitrogens with zero attached hydrogens (tertiary/aromatic N) is 2. The zero-order chi connectivity index (χ0) is 12.3. The van der Waals surface area contributed by atoms with Crippen LogP contribution < -0.4 is 10.7 Å². The number of amides is 1. The van der Waals surface area contributed by atoms with E-state index in [0.717, 1.165) is 18.7 Å². The highest BCUT2D eigenvalue weighted by Crippen LogP contribution is 2.24. The fraction of sp³-hybridized carbons (Fsp3) is 0.417. The molecule has 92 valence electrons. The number of anilines is 1. The smallest absolute Gasteiger partial charge is 0.241 e. The lowest BCUT2D eigenvalue weighted by atomic mass is 10.2. The highest BCUT2D eigenvalue weighted by molar-refractivity contribution is 5.79. The van der Waals surface area contributed by atoms with E-state index in [2.05, 4.69) is 0 Å². The Labute approximate surface area is 100 Å². The standard InChI is InChI=1S/C12H17N3O2/c13-6-8-15-12(17)5-2-7-14(15)10-3-1-4-11(16)9-10/h1,3-4,9,16H,2,5-8,13H2. The molecule has 1 aromatic carbocycles. The fourth-order valence-electron chi connectivity index (χ4n) is 2.05. The average Bonchev–Trinajstić information content (AvgIpc) is 2.32. The fourth-order valence-corrected chi connectivity index (χ4v) is 2.05. The van der Waals surface area contributed by atoms with Crippen molar-refractivity contribution in [1.29, 1.82) is 0 Å². The van der Waals surface area contributed by atoms with Crippen molar-refractivity contribution in [2.75, 3.05) is 24.6 Å². The minimum atomic E-state index is 0.0880. The summed E-state index contributed by atoms with van der Waals surface area (Å²) in [6, 6.07) is 6.91. The Morgan fingerprint density at radius 2 is 2.24 bits per heavy atom. The maximum atomic E-state index is 11.8. The molecule has 2 rings (SSSR count). The number of hydrogen-bond acceptors (Lipinski definition) is 4. The van der Waals surface area contributed by atoms with Crippen molar-refractivity contribution in [2.24, 2.45) is 5.73 Å². The van der Waals surface area contributed by atoms with Gasteiger partial charge in [0.2, 0.25) is 5.91 Å². The first-order valence-electron chi connectivity index (χ1n) is 5.79. The first-order chi connectivity index (χ1) is 8.22. The Morgan fingerprint density at radius 1 is 1.41 bits per heavy atom. The number of carbonyl (C=O) groups is 1. The Kier molecular flexibility index (Phi) is 3.49. The van der Waals surface area contributed by atoms with E-state index < -0.39 is 0 Å². The summed E-state index contributed by atoms with van der Waals surface area (Å²) < 4.78 is 0. The van der Waals surface area contributed by atoms with Gasteiger partial charge in [0.15, 0.2) is 0 Å². The summed E-state index contributed by atoms with van der Waals surface area (Å²) in [5.74, 6) is 0.290. The van der Waals surface area contributed by atoms with Crippen LogP contribution in [0.1, 0.15) is 12.8 Å². The lowest BCUT2D eigenvalue weighted by Crippen LogP contribution is -2.52. The van der Waals surface area contributed by atoms with E-state index in [0.29, 0.717) is 19.5 Å². The molecule has 0 atom stereocenters. The molecule has 1 fully saturated rings. The van der Waals surface area contributed by atoms with Crippen LogP contribution in [0.5, 0.6) is 5.75 Å². The molecule has 5 heteroatoms. The maximum Gasteiger partial charge on any atom is 0.241 e. The lowest BCUT2D eigenvalue weighted by Gasteiger charge is -2.39. The summed E-state index contributed by atoms with van der Waals surface area (Å²) in [4.78, 5) is 11.8. The molecule has 1 aromatic rings. The summed E-state index contributed by atoms with van der Waals surface area (Å²) >= 11 is 0. The second-order valence-corrected chi connectivity index (χ2v) is 4.05. The minimum absolute atomic E-state index is 0.0880. The van der Waals surface area contributed by atoms with Gasteiger partial charge in [-0.05, 0) is 18.6 Å². The Bertz CT molecular complexity index is 408. The van der Waals surface area contributed by atoms with Gasteiger partial charge < -0.3 is 10.8 Å². The summed E-state index contributed by atoms with van der Waals surface area (Å²) in [6.07, 6.45) is 1.39. The van der Waals surface area contributed by atoms with Crippen LogP contribution in [-0.4, -0.2) is 35.7 Å². The van der Waals surface area contributed by atoms with E-state index in [1.54, 1.807) is 23.2 Å². The molecule has 0 unspecified atom stereocenters. The normalized spacial score (nSPS) is 16.4. The molecule has 1 aliphatic rings. The first-order valence-corrected chi connectivity index (χ1v) is 5.79. The maximum absolute atomic E-state index is 11.8. The number of hydrogen-bond donors (Lipinski definition) is 2. The molecule has 0 bridgehead atoms. The van der Waals surface area contributed by atoms with Gasteiger partial charge in [-0.2, -0.15) is 0 Å². The van der Waals surface area contributed by atoms with Crippen LogP contribution in [0.15, 0.2) is 24.3 Å². The van der Waals surface area contributed by atoms with Crippen LogP contribution in [0.2, 0.25) is 0 Å². The number of carbonyl (C=O) groups excluding carboxylic acids is 1. The molecule has 0 radical (unpaired) electrons. The summed E-state index contributed by atoms with van der Waals surface area (Å²) in [7, 11) is 0. The molecular weight excluding hydrogens is 218 g/mol. The van der Waals surface area contributed by atoms with Gasteiger partial charge in [0.05, 0.1) is 12.2 Å². The monoisotopic (exact) mass is 235 g/mol. The molecule has 1 saturated heterocycles. The Morgan fingerprint density at radius 3 is 2.94 bits per heavy atom. The molecule has 5 nitrogen and oxygen atoms in total. The van der Waals surface area contributed by atoms with Gasteiger partial charge in [-0.25, -0.2) is 0 Å². The van der Waals surface area contributed by atoms with Gasteiger partial charge in [0, 0.05) is 25.6 Å². The average molecular weight is 235 g/mol.